The van der Waals surface area contributed by atoms with E-state index >= 15 is 0 Å². The lowest BCUT2D eigenvalue weighted by atomic mass is 10.1. The summed E-state index contributed by atoms with van der Waals surface area (Å²) in [5.41, 5.74) is 2.07. The van der Waals surface area contributed by atoms with Crippen molar-refractivity contribution in [1.29, 1.82) is 5.41 Å². The highest BCUT2D eigenvalue weighted by atomic mass is 35.5. The molecular weight excluding hydrogens is 356 g/mol. The maximum absolute atomic E-state index is 8.29. The van der Waals surface area contributed by atoms with Crippen molar-refractivity contribution in [2.75, 3.05) is 33.7 Å². The first-order chi connectivity index (χ1) is 12.5. The van der Waals surface area contributed by atoms with E-state index in [0.717, 1.165) is 6.42 Å². The molecule has 0 radical (unpaired) electrons. The molecule has 1 aromatic heterocycles. The number of nitrogens with one attached hydrogen (secondary N) is 2. The van der Waals surface area contributed by atoms with Gasteiger partial charge in [0.1, 0.15) is 5.69 Å². The molecule has 0 spiro atoms. The predicted molar refractivity (Wildman–Crippen MR) is 103 cm³/mol. The Morgan fingerprint density at radius 2 is 1.73 bits per heavy atom. The summed E-state index contributed by atoms with van der Waals surface area (Å²) in [4.78, 5) is 8.93. The highest BCUT2D eigenvalue weighted by molar-refractivity contribution is 6.33. The molecule has 0 atom stereocenters. The minimum absolute atomic E-state index is 0.252. The number of aromatic nitrogens is 2. The van der Waals surface area contributed by atoms with E-state index < -0.39 is 0 Å². The van der Waals surface area contributed by atoms with Crippen LogP contribution >= 0.6 is 11.6 Å². The quantitative estimate of drug-likeness (QED) is 0.532. The highest BCUT2D eigenvalue weighted by Crippen LogP contribution is 2.41. The zero-order valence-corrected chi connectivity index (χ0v) is 16.3. The van der Waals surface area contributed by atoms with E-state index in [9.17, 15) is 0 Å². The molecule has 0 saturated carbocycles. The van der Waals surface area contributed by atoms with Crippen LogP contribution in [0.5, 0.6) is 17.2 Å². The van der Waals surface area contributed by atoms with Crippen LogP contribution in [0.2, 0.25) is 5.15 Å². The Labute approximate surface area is 158 Å². The van der Waals surface area contributed by atoms with E-state index in [1.165, 1.54) is 0 Å². The standard InChI is InChI=1S/C18H23ClN4O3/c1-6-7-11(20)14-15(21-2)17(19)23-18(22-14)10-8-12(24-3)16(26-5)13(9-10)25-4/h8-9,20-21H,6-7H2,1-5H3. The number of nitrogens with zero attached hydrogens (tertiary/aromatic N) is 2. The molecular formula is C18H23ClN4O3. The average Bonchev–Trinajstić information content (AvgIpc) is 2.66. The van der Waals surface area contributed by atoms with Gasteiger partial charge < -0.3 is 24.9 Å². The largest absolute Gasteiger partial charge is 0.493 e. The second-order valence-electron chi connectivity index (χ2n) is 5.45. The van der Waals surface area contributed by atoms with Crippen LogP contribution in [-0.4, -0.2) is 44.1 Å². The Morgan fingerprint density at radius 1 is 1.12 bits per heavy atom. The Bertz CT molecular complexity index is 786. The molecule has 1 heterocycles. The van der Waals surface area contributed by atoms with Crippen LogP contribution < -0.4 is 19.5 Å². The van der Waals surface area contributed by atoms with Gasteiger partial charge in [0.25, 0.3) is 0 Å². The summed E-state index contributed by atoms with van der Waals surface area (Å²) in [6, 6.07) is 3.50. The normalized spacial score (nSPS) is 10.4. The monoisotopic (exact) mass is 378 g/mol. The van der Waals surface area contributed by atoms with Gasteiger partial charge in [-0.3, -0.25) is 0 Å². The highest BCUT2D eigenvalue weighted by Gasteiger charge is 2.19. The summed E-state index contributed by atoms with van der Waals surface area (Å²) in [7, 11) is 6.36. The maximum Gasteiger partial charge on any atom is 0.203 e. The van der Waals surface area contributed by atoms with Crippen molar-refractivity contribution in [2.24, 2.45) is 0 Å². The van der Waals surface area contributed by atoms with Crippen molar-refractivity contribution in [3.8, 4) is 28.6 Å². The first kappa shape index (κ1) is 19.8. The summed E-state index contributed by atoms with van der Waals surface area (Å²) < 4.78 is 16.1. The van der Waals surface area contributed by atoms with Gasteiger partial charge in [-0.15, -0.1) is 0 Å². The molecule has 0 aliphatic carbocycles. The fourth-order valence-electron chi connectivity index (χ4n) is 2.58. The van der Waals surface area contributed by atoms with Crippen molar-refractivity contribution >= 4 is 23.0 Å². The number of benzene rings is 1. The summed E-state index contributed by atoms with van der Waals surface area (Å²) in [5, 5.41) is 11.5. The Kier molecular flexibility index (Phi) is 6.63. The fourth-order valence-corrected chi connectivity index (χ4v) is 2.85. The molecule has 8 heteroatoms. The molecule has 0 unspecified atom stereocenters. The number of methoxy groups -OCH3 is 3. The van der Waals surface area contributed by atoms with Crippen LogP contribution in [-0.2, 0) is 0 Å². The van der Waals surface area contributed by atoms with Crippen LogP contribution in [0.4, 0.5) is 5.69 Å². The topological polar surface area (TPSA) is 89.4 Å². The molecule has 140 valence electrons. The SMILES string of the molecule is CCCC(=N)c1nc(-c2cc(OC)c(OC)c(OC)c2)nc(Cl)c1NC. The first-order valence-electron chi connectivity index (χ1n) is 8.14. The summed E-state index contributed by atoms with van der Waals surface area (Å²) in [6.45, 7) is 2.01. The molecule has 2 aromatic rings. The first-order valence-corrected chi connectivity index (χ1v) is 8.51. The third-order valence-corrected chi connectivity index (χ3v) is 4.10. The van der Waals surface area contributed by atoms with Crippen molar-refractivity contribution in [1.82, 2.24) is 9.97 Å². The third-order valence-electron chi connectivity index (χ3n) is 3.82. The minimum Gasteiger partial charge on any atom is -0.493 e. The van der Waals surface area contributed by atoms with Gasteiger partial charge in [0.2, 0.25) is 5.75 Å². The third kappa shape index (κ3) is 3.83. The summed E-state index contributed by atoms with van der Waals surface area (Å²) in [5.74, 6) is 1.84. The zero-order valence-electron chi connectivity index (χ0n) is 15.6. The average molecular weight is 379 g/mol. The van der Waals surface area contributed by atoms with Gasteiger partial charge in [0, 0.05) is 12.6 Å². The molecule has 0 saturated heterocycles. The number of hydrogen-bond donors (Lipinski definition) is 2. The van der Waals surface area contributed by atoms with Crippen LogP contribution in [0.15, 0.2) is 12.1 Å². The van der Waals surface area contributed by atoms with Gasteiger partial charge in [-0.1, -0.05) is 24.9 Å². The van der Waals surface area contributed by atoms with Crippen molar-refractivity contribution in [2.45, 2.75) is 19.8 Å². The number of rotatable bonds is 8. The molecule has 1 aromatic carbocycles. The van der Waals surface area contributed by atoms with Gasteiger partial charge in [-0.05, 0) is 18.6 Å². The van der Waals surface area contributed by atoms with Gasteiger partial charge in [-0.2, -0.15) is 0 Å². The van der Waals surface area contributed by atoms with Crippen LogP contribution in [0, 0.1) is 5.41 Å². The van der Waals surface area contributed by atoms with Crippen LogP contribution in [0.1, 0.15) is 25.5 Å². The van der Waals surface area contributed by atoms with Crippen molar-refractivity contribution in [3.63, 3.8) is 0 Å². The fraction of sp³-hybridized carbons (Fsp3) is 0.389. The maximum atomic E-state index is 8.29. The van der Waals surface area contributed by atoms with Gasteiger partial charge in [0.15, 0.2) is 22.5 Å². The molecule has 0 amide bonds. The van der Waals surface area contributed by atoms with Crippen molar-refractivity contribution < 1.29 is 14.2 Å². The number of hydrogen-bond acceptors (Lipinski definition) is 7. The lowest BCUT2D eigenvalue weighted by Gasteiger charge is -2.15. The number of halogens is 1. The predicted octanol–water partition coefficient (Wildman–Crippen LogP) is 4.03. The second kappa shape index (κ2) is 8.71. The van der Waals surface area contributed by atoms with Crippen LogP contribution in [0.25, 0.3) is 11.4 Å². The van der Waals surface area contributed by atoms with E-state index in [4.69, 9.17) is 31.2 Å². The van der Waals surface area contributed by atoms with Gasteiger partial charge >= 0.3 is 0 Å². The molecule has 0 bridgehead atoms. The lowest BCUT2D eigenvalue weighted by Crippen LogP contribution is -2.10. The smallest absolute Gasteiger partial charge is 0.203 e. The van der Waals surface area contributed by atoms with Gasteiger partial charge in [0.05, 0.1) is 32.7 Å². The Morgan fingerprint density at radius 3 is 2.19 bits per heavy atom. The Hall–Kier alpha value is -2.54. The zero-order chi connectivity index (χ0) is 19.3. The molecule has 2 N–H and O–H groups in total. The lowest BCUT2D eigenvalue weighted by molar-refractivity contribution is 0.324. The second-order valence-corrected chi connectivity index (χ2v) is 5.81. The molecule has 2 rings (SSSR count). The van der Waals surface area contributed by atoms with E-state index in [1.54, 1.807) is 40.5 Å². The summed E-state index contributed by atoms with van der Waals surface area (Å²) in [6.07, 6.45) is 1.43. The van der Waals surface area contributed by atoms with Crippen LogP contribution in [0.3, 0.4) is 0 Å². The molecule has 0 aliphatic heterocycles. The van der Waals surface area contributed by atoms with Gasteiger partial charge in [-0.25, -0.2) is 9.97 Å². The molecule has 0 fully saturated rings. The van der Waals surface area contributed by atoms with E-state index in [1.807, 2.05) is 6.92 Å². The Balaban J connectivity index is 2.67. The van der Waals surface area contributed by atoms with E-state index in [-0.39, 0.29) is 5.15 Å². The van der Waals surface area contributed by atoms with Crippen molar-refractivity contribution in [3.05, 3.63) is 23.0 Å². The number of anilines is 1. The minimum atomic E-state index is 0.252. The van der Waals surface area contributed by atoms with E-state index in [0.29, 0.717) is 52.2 Å². The van der Waals surface area contributed by atoms with E-state index in [2.05, 4.69) is 15.3 Å². The molecule has 7 nitrogen and oxygen atoms in total. The molecule has 0 aliphatic rings. The molecule has 26 heavy (non-hydrogen) atoms. The summed E-state index contributed by atoms with van der Waals surface area (Å²) >= 11 is 6.34. The number of ether oxygens (including phenoxy) is 3.